The zero-order chi connectivity index (χ0) is 9.14. The van der Waals surface area contributed by atoms with E-state index in [1.807, 2.05) is 13.8 Å². The van der Waals surface area contributed by atoms with Gasteiger partial charge >= 0.3 is 0 Å². The summed E-state index contributed by atoms with van der Waals surface area (Å²) in [5.74, 6) is 1.35. The first-order chi connectivity index (χ1) is 5.65. The molecule has 0 aliphatic heterocycles. The van der Waals surface area contributed by atoms with E-state index in [1.165, 1.54) is 0 Å². The average molecular weight is 167 g/mol. The van der Waals surface area contributed by atoms with Gasteiger partial charge in [-0.2, -0.15) is 0 Å². The van der Waals surface area contributed by atoms with Gasteiger partial charge in [-0.25, -0.2) is 9.97 Å². The highest BCUT2D eigenvalue weighted by Crippen LogP contribution is 2.12. The van der Waals surface area contributed by atoms with Crippen molar-refractivity contribution in [2.24, 2.45) is 0 Å². The van der Waals surface area contributed by atoms with Gasteiger partial charge in [0.25, 0.3) is 0 Å². The number of nitrogen functional groups attached to an aromatic ring is 1. The predicted molar refractivity (Wildman–Crippen MR) is 46.5 cm³/mol. The van der Waals surface area contributed by atoms with Crippen molar-refractivity contribution in [3.8, 4) is 0 Å². The first-order valence-corrected chi connectivity index (χ1v) is 3.87. The number of aromatic nitrogens is 2. The van der Waals surface area contributed by atoms with Crippen molar-refractivity contribution in [2.75, 3.05) is 5.73 Å². The molecule has 12 heavy (non-hydrogen) atoms. The molecule has 1 aromatic heterocycles. The Labute approximate surface area is 71.5 Å². The first-order valence-electron chi connectivity index (χ1n) is 3.87. The maximum atomic E-state index is 8.79. The first kappa shape index (κ1) is 8.93. The molecule has 4 nitrogen and oxygen atoms in total. The fourth-order valence-corrected chi connectivity index (χ4v) is 0.834. The van der Waals surface area contributed by atoms with E-state index in [0.717, 1.165) is 0 Å². The topological polar surface area (TPSA) is 72.0 Å². The normalized spacial score (nSPS) is 10.7. The Balaban J connectivity index is 3.02. The number of nitrogens with two attached hydrogens (primary N) is 1. The van der Waals surface area contributed by atoms with Crippen LogP contribution >= 0.6 is 0 Å². The lowest BCUT2D eigenvalue weighted by atomic mass is 10.2. The molecule has 0 bridgehead atoms. The van der Waals surface area contributed by atoms with E-state index in [1.54, 1.807) is 6.20 Å². The number of rotatable bonds is 2. The van der Waals surface area contributed by atoms with Gasteiger partial charge in [0.1, 0.15) is 11.6 Å². The van der Waals surface area contributed by atoms with Crippen LogP contribution in [0.2, 0.25) is 0 Å². The summed E-state index contributed by atoms with van der Waals surface area (Å²) in [6.45, 7) is 3.88. The fraction of sp³-hybridized carbons (Fsp3) is 0.500. The van der Waals surface area contributed by atoms with Crippen LogP contribution in [-0.2, 0) is 6.61 Å². The van der Waals surface area contributed by atoms with E-state index in [0.29, 0.717) is 17.2 Å². The summed E-state index contributed by atoms with van der Waals surface area (Å²) in [7, 11) is 0. The summed E-state index contributed by atoms with van der Waals surface area (Å²) in [5, 5.41) is 8.79. The minimum absolute atomic E-state index is 0.107. The van der Waals surface area contributed by atoms with Crippen molar-refractivity contribution in [2.45, 2.75) is 26.4 Å². The molecule has 0 fully saturated rings. The minimum atomic E-state index is -0.107. The second kappa shape index (κ2) is 3.49. The van der Waals surface area contributed by atoms with Gasteiger partial charge in [-0.15, -0.1) is 0 Å². The molecular weight excluding hydrogens is 154 g/mol. The highest BCUT2D eigenvalue weighted by Gasteiger charge is 2.05. The van der Waals surface area contributed by atoms with Crippen molar-refractivity contribution < 1.29 is 5.11 Å². The molecule has 0 unspecified atom stereocenters. The molecule has 66 valence electrons. The van der Waals surface area contributed by atoms with E-state index >= 15 is 0 Å². The van der Waals surface area contributed by atoms with E-state index in [9.17, 15) is 0 Å². The van der Waals surface area contributed by atoms with Crippen LogP contribution in [0.1, 0.15) is 31.2 Å². The van der Waals surface area contributed by atoms with Crippen molar-refractivity contribution in [1.82, 2.24) is 9.97 Å². The van der Waals surface area contributed by atoms with Crippen molar-refractivity contribution in [3.63, 3.8) is 0 Å². The van der Waals surface area contributed by atoms with Gasteiger partial charge in [-0.3, -0.25) is 0 Å². The van der Waals surface area contributed by atoms with E-state index in [4.69, 9.17) is 10.8 Å². The molecule has 3 N–H and O–H groups in total. The Morgan fingerprint density at radius 3 is 2.67 bits per heavy atom. The quantitative estimate of drug-likeness (QED) is 0.679. The van der Waals surface area contributed by atoms with E-state index in [2.05, 4.69) is 9.97 Å². The van der Waals surface area contributed by atoms with Gasteiger partial charge in [-0.1, -0.05) is 13.8 Å². The third kappa shape index (κ3) is 1.71. The molecule has 1 rings (SSSR count). The zero-order valence-electron chi connectivity index (χ0n) is 7.28. The molecule has 0 atom stereocenters. The third-order valence-corrected chi connectivity index (χ3v) is 1.60. The summed E-state index contributed by atoms with van der Waals surface area (Å²) in [6, 6.07) is 0. The van der Waals surface area contributed by atoms with Crippen LogP contribution in [0.4, 0.5) is 5.82 Å². The van der Waals surface area contributed by atoms with Crippen LogP contribution in [-0.4, -0.2) is 15.1 Å². The average Bonchev–Trinajstić information content (AvgIpc) is 2.04. The van der Waals surface area contributed by atoms with Crippen LogP contribution in [0.5, 0.6) is 0 Å². The Hall–Kier alpha value is -1.16. The Morgan fingerprint density at radius 2 is 2.25 bits per heavy atom. The molecule has 0 radical (unpaired) electrons. The Bertz CT molecular complexity index is 273. The van der Waals surface area contributed by atoms with Crippen LogP contribution in [0.15, 0.2) is 6.20 Å². The lowest BCUT2D eigenvalue weighted by Crippen LogP contribution is -2.04. The summed E-state index contributed by atoms with van der Waals surface area (Å²) in [4.78, 5) is 8.11. The number of nitrogens with zero attached hydrogens (tertiary/aromatic N) is 2. The smallest absolute Gasteiger partial charge is 0.133 e. The van der Waals surface area contributed by atoms with E-state index < -0.39 is 0 Å². The van der Waals surface area contributed by atoms with Crippen molar-refractivity contribution in [3.05, 3.63) is 17.6 Å². The standard InChI is InChI=1S/C8H13N3O/c1-5(2)8-10-3-6(4-12)7(9)11-8/h3,5,12H,4H2,1-2H3,(H2,9,10,11). The monoisotopic (exact) mass is 167 g/mol. The molecule has 1 aromatic rings. The molecule has 0 aromatic carbocycles. The molecule has 4 heteroatoms. The van der Waals surface area contributed by atoms with Crippen LogP contribution < -0.4 is 5.73 Å². The second-order valence-electron chi connectivity index (χ2n) is 2.95. The zero-order valence-corrected chi connectivity index (χ0v) is 7.28. The van der Waals surface area contributed by atoms with Gasteiger partial charge in [-0.05, 0) is 0 Å². The minimum Gasteiger partial charge on any atom is -0.391 e. The largest absolute Gasteiger partial charge is 0.391 e. The SMILES string of the molecule is CC(C)c1ncc(CO)c(N)n1. The number of hydrogen-bond donors (Lipinski definition) is 2. The molecule has 0 aliphatic rings. The highest BCUT2D eigenvalue weighted by atomic mass is 16.3. The lowest BCUT2D eigenvalue weighted by Gasteiger charge is -2.05. The molecule has 0 aliphatic carbocycles. The molecule has 0 saturated carbocycles. The second-order valence-corrected chi connectivity index (χ2v) is 2.95. The van der Waals surface area contributed by atoms with Gasteiger partial charge in [0, 0.05) is 17.7 Å². The number of hydrogen-bond acceptors (Lipinski definition) is 4. The molecule has 0 saturated heterocycles. The van der Waals surface area contributed by atoms with Crippen LogP contribution in [0.25, 0.3) is 0 Å². The summed E-state index contributed by atoms with van der Waals surface area (Å²) < 4.78 is 0. The number of aliphatic hydroxyl groups is 1. The van der Waals surface area contributed by atoms with Gasteiger partial charge in [0.2, 0.25) is 0 Å². The van der Waals surface area contributed by atoms with Crippen LogP contribution in [0.3, 0.4) is 0 Å². The summed E-state index contributed by atoms with van der Waals surface area (Å²) in [6.07, 6.45) is 1.57. The summed E-state index contributed by atoms with van der Waals surface area (Å²) in [5.41, 5.74) is 6.14. The molecule has 1 heterocycles. The van der Waals surface area contributed by atoms with Crippen molar-refractivity contribution in [1.29, 1.82) is 0 Å². The summed E-state index contributed by atoms with van der Waals surface area (Å²) >= 11 is 0. The van der Waals surface area contributed by atoms with Gasteiger partial charge < -0.3 is 10.8 Å². The van der Waals surface area contributed by atoms with E-state index in [-0.39, 0.29) is 12.5 Å². The van der Waals surface area contributed by atoms with Gasteiger partial charge in [0.05, 0.1) is 6.61 Å². The van der Waals surface area contributed by atoms with Gasteiger partial charge in [0.15, 0.2) is 0 Å². The third-order valence-electron chi connectivity index (χ3n) is 1.60. The maximum Gasteiger partial charge on any atom is 0.133 e. The fourth-order valence-electron chi connectivity index (χ4n) is 0.834. The number of aliphatic hydroxyl groups excluding tert-OH is 1. The predicted octanol–water partition coefficient (Wildman–Crippen LogP) is 0.675. The van der Waals surface area contributed by atoms with Crippen LogP contribution in [0, 0.1) is 0 Å². The molecule has 0 amide bonds. The molecule has 0 spiro atoms. The van der Waals surface area contributed by atoms with Crippen molar-refractivity contribution >= 4 is 5.82 Å². The lowest BCUT2D eigenvalue weighted by molar-refractivity contribution is 0.281. The number of anilines is 1. The highest BCUT2D eigenvalue weighted by molar-refractivity contribution is 5.37. The molecular formula is C8H13N3O. The Morgan fingerprint density at radius 1 is 1.58 bits per heavy atom. The maximum absolute atomic E-state index is 8.79. The Kier molecular flexibility index (Phi) is 2.60.